The Labute approximate surface area is 117 Å². The molecule has 1 N–H and O–H groups in total. The Balaban J connectivity index is 1.98. The van der Waals surface area contributed by atoms with Crippen LogP contribution in [0.3, 0.4) is 0 Å². The zero-order valence-electron chi connectivity index (χ0n) is 12.2. The van der Waals surface area contributed by atoms with Crippen molar-refractivity contribution in [2.24, 2.45) is 0 Å². The van der Waals surface area contributed by atoms with Crippen molar-refractivity contribution in [2.45, 2.75) is 57.4 Å². The van der Waals surface area contributed by atoms with E-state index in [-0.39, 0.29) is 0 Å². The maximum Gasteiger partial charge on any atom is 0.0323 e. The van der Waals surface area contributed by atoms with Crippen LogP contribution in [0.4, 0.5) is 0 Å². The summed E-state index contributed by atoms with van der Waals surface area (Å²) in [7, 11) is 0. The molecule has 0 fully saturated rings. The van der Waals surface area contributed by atoms with Gasteiger partial charge in [-0.2, -0.15) is 0 Å². The van der Waals surface area contributed by atoms with Gasteiger partial charge in [-0.15, -0.1) is 12.3 Å². The summed E-state index contributed by atoms with van der Waals surface area (Å²) in [4.78, 5) is 0. The smallest absolute Gasteiger partial charge is 0.0323 e. The zero-order chi connectivity index (χ0) is 13.7. The Morgan fingerprint density at radius 1 is 1.32 bits per heavy atom. The molecule has 1 atom stereocenters. The number of nitrogens with one attached hydrogen (secondary N) is 1. The molecule has 0 saturated carbocycles. The van der Waals surface area contributed by atoms with Crippen LogP contribution in [0, 0.1) is 12.3 Å². The molecule has 1 aromatic rings. The first kappa shape index (κ1) is 14.2. The van der Waals surface area contributed by atoms with Crippen molar-refractivity contribution >= 4 is 0 Å². The standard InChI is InChI=1S/C18H25N/c1-4-5-6-9-14-19-17-12-13-18(2,3)16-11-8-7-10-15(16)17/h1,7-8,10-11,17,19H,5-6,9,12-14H2,2-3H3. The second kappa shape index (κ2) is 6.26. The fraction of sp³-hybridized carbons (Fsp3) is 0.556. The molecule has 0 aliphatic heterocycles. The van der Waals surface area contributed by atoms with Crippen molar-refractivity contribution in [2.75, 3.05) is 6.54 Å². The second-order valence-electron chi connectivity index (χ2n) is 6.18. The van der Waals surface area contributed by atoms with Gasteiger partial charge in [0.25, 0.3) is 0 Å². The summed E-state index contributed by atoms with van der Waals surface area (Å²) in [5.41, 5.74) is 3.33. The van der Waals surface area contributed by atoms with Gasteiger partial charge < -0.3 is 5.32 Å². The molecule has 0 heterocycles. The van der Waals surface area contributed by atoms with Crippen molar-refractivity contribution in [3.8, 4) is 12.3 Å². The molecule has 0 saturated heterocycles. The lowest BCUT2D eigenvalue weighted by Crippen LogP contribution is -2.33. The summed E-state index contributed by atoms with van der Waals surface area (Å²) in [6.07, 6.45) is 11.0. The van der Waals surface area contributed by atoms with Gasteiger partial charge in [0.2, 0.25) is 0 Å². The van der Waals surface area contributed by atoms with Crippen LogP contribution in [0.5, 0.6) is 0 Å². The zero-order valence-corrected chi connectivity index (χ0v) is 12.2. The SMILES string of the molecule is C#CCCCCNC1CCC(C)(C)c2ccccc21. The largest absolute Gasteiger partial charge is 0.310 e. The summed E-state index contributed by atoms with van der Waals surface area (Å²) in [6, 6.07) is 9.43. The predicted octanol–water partition coefficient (Wildman–Crippen LogP) is 4.19. The lowest BCUT2D eigenvalue weighted by Gasteiger charge is -2.37. The minimum absolute atomic E-state index is 0.318. The van der Waals surface area contributed by atoms with Crippen molar-refractivity contribution < 1.29 is 0 Å². The average molecular weight is 255 g/mol. The van der Waals surface area contributed by atoms with Gasteiger partial charge in [0.1, 0.15) is 0 Å². The topological polar surface area (TPSA) is 12.0 Å². The molecule has 0 amide bonds. The van der Waals surface area contributed by atoms with Gasteiger partial charge in [0.05, 0.1) is 0 Å². The predicted molar refractivity (Wildman–Crippen MR) is 82.1 cm³/mol. The number of benzene rings is 1. The maximum atomic E-state index is 5.28. The van der Waals surface area contributed by atoms with E-state index in [4.69, 9.17) is 6.42 Å². The molecule has 0 spiro atoms. The monoisotopic (exact) mass is 255 g/mol. The summed E-state index contributed by atoms with van der Waals surface area (Å²) < 4.78 is 0. The molecule has 0 aromatic heterocycles. The number of rotatable bonds is 5. The first-order valence-electron chi connectivity index (χ1n) is 7.41. The molecule has 102 valence electrons. The average Bonchev–Trinajstić information content (AvgIpc) is 2.41. The van der Waals surface area contributed by atoms with Crippen LogP contribution in [-0.2, 0) is 5.41 Å². The first-order chi connectivity index (χ1) is 9.15. The third kappa shape index (κ3) is 3.39. The van der Waals surface area contributed by atoms with Crippen LogP contribution in [0.2, 0.25) is 0 Å². The molecule has 2 rings (SSSR count). The molecule has 1 unspecified atom stereocenters. The third-order valence-corrected chi connectivity index (χ3v) is 4.26. The fourth-order valence-electron chi connectivity index (χ4n) is 3.05. The van der Waals surface area contributed by atoms with Crippen molar-refractivity contribution in [3.63, 3.8) is 0 Å². The molecular formula is C18H25N. The Bertz CT molecular complexity index is 453. The highest BCUT2D eigenvalue weighted by atomic mass is 14.9. The van der Waals surface area contributed by atoms with E-state index in [9.17, 15) is 0 Å². The number of terminal acetylenes is 1. The van der Waals surface area contributed by atoms with Gasteiger partial charge in [-0.05, 0) is 48.8 Å². The molecule has 0 radical (unpaired) electrons. The third-order valence-electron chi connectivity index (χ3n) is 4.26. The molecule has 1 nitrogen and oxygen atoms in total. The lowest BCUT2D eigenvalue weighted by molar-refractivity contribution is 0.357. The van der Waals surface area contributed by atoms with Crippen molar-refractivity contribution in [3.05, 3.63) is 35.4 Å². The number of fused-ring (bicyclic) bond motifs is 1. The molecule has 1 aromatic carbocycles. The number of hydrogen-bond acceptors (Lipinski definition) is 1. The molecule has 19 heavy (non-hydrogen) atoms. The van der Waals surface area contributed by atoms with Crippen LogP contribution in [0.1, 0.15) is 63.1 Å². The van der Waals surface area contributed by atoms with E-state index in [0.29, 0.717) is 11.5 Å². The summed E-state index contributed by atoms with van der Waals surface area (Å²) >= 11 is 0. The van der Waals surface area contributed by atoms with Gasteiger partial charge in [0.15, 0.2) is 0 Å². The maximum absolute atomic E-state index is 5.28. The van der Waals surface area contributed by atoms with Gasteiger partial charge in [-0.3, -0.25) is 0 Å². The highest BCUT2D eigenvalue weighted by Gasteiger charge is 2.31. The van der Waals surface area contributed by atoms with E-state index in [1.165, 1.54) is 30.4 Å². The Morgan fingerprint density at radius 2 is 2.11 bits per heavy atom. The summed E-state index contributed by atoms with van der Waals surface area (Å²) in [5, 5.41) is 3.71. The minimum atomic E-state index is 0.318. The van der Waals surface area contributed by atoms with Gasteiger partial charge in [0, 0.05) is 12.5 Å². The van der Waals surface area contributed by atoms with E-state index < -0.39 is 0 Å². The number of hydrogen-bond donors (Lipinski definition) is 1. The fourth-order valence-corrected chi connectivity index (χ4v) is 3.05. The Hall–Kier alpha value is -1.26. The summed E-state index contributed by atoms with van der Waals surface area (Å²) in [5.74, 6) is 2.70. The van der Waals surface area contributed by atoms with Crippen LogP contribution in [-0.4, -0.2) is 6.54 Å². The van der Waals surface area contributed by atoms with Crippen LogP contribution in [0.15, 0.2) is 24.3 Å². The minimum Gasteiger partial charge on any atom is -0.310 e. The lowest BCUT2D eigenvalue weighted by atomic mass is 9.71. The van der Waals surface area contributed by atoms with E-state index in [2.05, 4.69) is 49.4 Å². The van der Waals surface area contributed by atoms with Crippen molar-refractivity contribution in [1.82, 2.24) is 5.32 Å². The molecule has 1 heteroatoms. The Kier molecular flexibility index (Phi) is 4.66. The molecular weight excluding hydrogens is 230 g/mol. The quantitative estimate of drug-likeness (QED) is 0.614. The molecule has 1 aliphatic rings. The highest BCUT2D eigenvalue weighted by Crippen LogP contribution is 2.41. The van der Waals surface area contributed by atoms with E-state index in [0.717, 1.165) is 19.4 Å². The highest BCUT2D eigenvalue weighted by molar-refractivity contribution is 5.38. The van der Waals surface area contributed by atoms with Crippen LogP contribution < -0.4 is 5.32 Å². The molecule has 0 bridgehead atoms. The van der Waals surface area contributed by atoms with Gasteiger partial charge in [-0.25, -0.2) is 0 Å². The van der Waals surface area contributed by atoms with E-state index >= 15 is 0 Å². The second-order valence-corrected chi connectivity index (χ2v) is 6.18. The van der Waals surface area contributed by atoms with Crippen molar-refractivity contribution in [1.29, 1.82) is 0 Å². The van der Waals surface area contributed by atoms with Gasteiger partial charge in [-0.1, -0.05) is 38.1 Å². The normalized spacial score (nSPS) is 20.6. The molecule has 1 aliphatic carbocycles. The van der Waals surface area contributed by atoms with E-state index in [1.54, 1.807) is 0 Å². The van der Waals surface area contributed by atoms with Gasteiger partial charge >= 0.3 is 0 Å². The number of unbranched alkanes of at least 4 members (excludes halogenated alkanes) is 2. The van der Waals surface area contributed by atoms with Crippen LogP contribution >= 0.6 is 0 Å². The first-order valence-corrected chi connectivity index (χ1v) is 7.41. The van der Waals surface area contributed by atoms with Crippen LogP contribution in [0.25, 0.3) is 0 Å². The van der Waals surface area contributed by atoms with E-state index in [1.807, 2.05) is 0 Å². The Morgan fingerprint density at radius 3 is 2.89 bits per heavy atom. The summed E-state index contributed by atoms with van der Waals surface area (Å²) in [6.45, 7) is 5.78.